The first kappa shape index (κ1) is 21.9. The van der Waals surface area contributed by atoms with Gasteiger partial charge in [-0.05, 0) is 74.0 Å². The summed E-state index contributed by atoms with van der Waals surface area (Å²) < 4.78 is 0. The first-order valence-corrected chi connectivity index (χ1v) is 10.2. The van der Waals surface area contributed by atoms with Gasteiger partial charge in [0.15, 0.2) is 0 Å². The Morgan fingerprint density at radius 1 is 1.32 bits per heavy atom. The predicted octanol–water partition coefficient (Wildman–Crippen LogP) is 5.34. The lowest BCUT2D eigenvalue weighted by atomic mass is 9.93. The van der Waals surface area contributed by atoms with Gasteiger partial charge in [-0.1, -0.05) is 37.6 Å². The molecule has 1 aromatic heterocycles. The molecule has 28 heavy (non-hydrogen) atoms. The van der Waals surface area contributed by atoms with Crippen LogP contribution in [0.15, 0.2) is 36.7 Å². The minimum absolute atomic E-state index is 0.449. The third-order valence-electron chi connectivity index (χ3n) is 4.89. The zero-order valence-corrected chi connectivity index (χ0v) is 17.7. The van der Waals surface area contributed by atoms with Gasteiger partial charge in [0, 0.05) is 11.8 Å². The quantitative estimate of drug-likeness (QED) is 0.733. The third kappa shape index (κ3) is 5.82. The normalized spacial score (nSPS) is 14.8. The fraction of sp³-hybridized carbons (Fsp3) is 0.391. The number of nitrogens with one attached hydrogen (secondary N) is 1. The number of pyridine rings is 1. The number of anilines is 1. The highest BCUT2D eigenvalue weighted by Crippen LogP contribution is 2.34. The maximum atomic E-state index is 9.11. The van der Waals surface area contributed by atoms with Gasteiger partial charge in [-0.15, -0.1) is 0 Å². The molecule has 1 saturated heterocycles. The van der Waals surface area contributed by atoms with Crippen LogP contribution in [0.25, 0.3) is 5.57 Å². The van der Waals surface area contributed by atoms with Crippen LogP contribution in [0.4, 0.5) is 5.69 Å². The van der Waals surface area contributed by atoms with Gasteiger partial charge in [0.25, 0.3) is 0 Å². The topological polar surface area (TPSA) is 74.7 Å². The van der Waals surface area contributed by atoms with Crippen molar-refractivity contribution in [3.63, 3.8) is 0 Å². The summed E-state index contributed by atoms with van der Waals surface area (Å²) >= 11 is 6.33. The third-order valence-corrected chi connectivity index (χ3v) is 5.31. The molecule has 1 aliphatic heterocycles. The van der Waals surface area contributed by atoms with Crippen LogP contribution in [0.5, 0.6) is 0 Å². The molecule has 2 aromatic rings. The molecule has 0 spiro atoms. The number of nitrogens with two attached hydrogens (primary N) is 1. The lowest BCUT2D eigenvalue weighted by Gasteiger charge is -2.17. The van der Waals surface area contributed by atoms with E-state index >= 15 is 0 Å². The molecule has 0 amide bonds. The van der Waals surface area contributed by atoms with Crippen molar-refractivity contribution in [2.24, 2.45) is 5.92 Å². The average Bonchev–Trinajstić information content (AvgIpc) is 2.70. The molecule has 3 N–H and O–H groups in total. The fourth-order valence-corrected chi connectivity index (χ4v) is 3.37. The zero-order chi connectivity index (χ0) is 20.5. The number of aromatic nitrogens is 1. The lowest BCUT2D eigenvalue weighted by molar-refractivity contribution is 0.402. The maximum Gasteiger partial charge on any atom is 0.0991 e. The number of halogens is 1. The summed E-state index contributed by atoms with van der Waals surface area (Å²) in [7, 11) is 0. The fourth-order valence-electron chi connectivity index (χ4n) is 3.17. The van der Waals surface area contributed by atoms with E-state index in [9.17, 15) is 0 Å². The summed E-state index contributed by atoms with van der Waals surface area (Å²) in [4.78, 5) is 4.13. The van der Waals surface area contributed by atoms with E-state index in [2.05, 4.69) is 36.3 Å². The Morgan fingerprint density at radius 3 is 2.61 bits per heavy atom. The van der Waals surface area contributed by atoms with Crippen molar-refractivity contribution >= 4 is 22.9 Å². The second-order valence-corrected chi connectivity index (χ2v) is 7.57. The van der Waals surface area contributed by atoms with Gasteiger partial charge in [-0.25, -0.2) is 0 Å². The van der Waals surface area contributed by atoms with Crippen molar-refractivity contribution < 1.29 is 0 Å². The molecule has 0 unspecified atom stereocenters. The smallest absolute Gasteiger partial charge is 0.0991 e. The van der Waals surface area contributed by atoms with Gasteiger partial charge in [0.1, 0.15) is 0 Å². The highest BCUT2D eigenvalue weighted by atomic mass is 35.5. The van der Waals surface area contributed by atoms with Gasteiger partial charge < -0.3 is 11.1 Å². The minimum atomic E-state index is 0.449. The standard InChI is InChI=1S/C17H16ClN3.C6H13N/c1-3-4-13(15-9-21-10-16(20)17(15)18)14-7-12(8-19)6-5-11(14)2;1-6-2-4-7-5-3-6/h4-7,9-10H,3,20H2,1-2H3;6-7H,2-5H2,1H3/b13-4+;. The van der Waals surface area contributed by atoms with Crippen molar-refractivity contribution in [3.05, 3.63) is 63.9 Å². The molecule has 3 rings (SSSR count). The van der Waals surface area contributed by atoms with Crippen LogP contribution in [-0.2, 0) is 0 Å². The molecule has 1 aliphatic rings. The largest absolute Gasteiger partial charge is 0.396 e. The second-order valence-electron chi connectivity index (χ2n) is 7.19. The number of hydrogen-bond donors (Lipinski definition) is 2. The highest BCUT2D eigenvalue weighted by Gasteiger charge is 2.14. The summed E-state index contributed by atoms with van der Waals surface area (Å²) in [6.45, 7) is 8.86. The number of piperidine rings is 1. The van der Waals surface area contributed by atoms with Crippen LogP contribution in [0.1, 0.15) is 55.4 Å². The molecular formula is C23H29ClN4. The summed E-state index contributed by atoms with van der Waals surface area (Å²) in [5.41, 5.74) is 10.7. The minimum Gasteiger partial charge on any atom is -0.396 e. The molecule has 0 atom stereocenters. The van der Waals surface area contributed by atoms with E-state index in [1.165, 1.54) is 32.1 Å². The predicted molar refractivity (Wildman–Crippen MR) is 118 cm³/mol. The summed E-state index contributed by atoms with van der Waals surface area (Å²) in [6, 6.07) is 7.78. The van der Waals surface area contributed by atoms with E-state index in [-0.39, 0.29) is 0 Å². The molecule has 1 fully saturated rings. The second kappa shape index (κ2) is 10.8. The van der Waals surface area contributed by atoms with E-state index < -0.39 is 0 Å². The van der Waals surface area contributed by atoms with E-state index in [0.29, 0.717) is 16.3 Å². The number of rotatable bonds is 3. The van der Waals surface area contributed by atoms with Crippen molar-refractivity contribution in [2.75, 3.05) is 18.8 Å². The molecule has 4 nitrogen and oxygen atoms in total. The molecule has 148 valence electrons. The first-order chi connectivity index (χ1) is 13.5. The van der Waals surface area contributed by atoms with E-state index in [4.69, 9.17) is 22.6 Å². The Labute approximate surface area is 173 Å². The van der Waals surface area contributed by atoms with E-state index in [1.54, 1.807) is 6.20 Å². The number of nitrogens with zero attached hydrogens (tertiary/aromatic N) is 2. The zero-order valence-electron chi connectivity index (χ0n) is 16.9. The number of nitrogen functional groups attached to an aromatic ring is 1. The number of hydrogen-bond acceptors (Lipinski definition) is 4. The lowest BCUT2D eigenvalue weighted by Crippen LogP contribution is -2.26. The van der Waals surface area contributed by atoms with Crippen LogP contribution >= 0.6 is 11.6 Å². The Hall–Kier alpha value is -2.35. The molecule has 0 bridgehead atoms. The van der Waals surface area contributed by atoms with Crippen LogP contribution in [0.3, 0.4) is 0 Å². The van der Waals surface area contributed by atoms with Gasteiger partial charge in [-0.2, -0.15) is 5.26 Å². The Balaban J connectivity index is 0.000000336. The molecule has 0 saturated carbocycles. The molecule has 1 aromatic carbocycles. The van der Waals surface area contributed by atoms with Crippen LogP contribution < -0.4 is 11.1 Å². The Morgan fingerprint density at radius 2 is 2.04 bits per heavy atom. The average molecular weight is 397 g/mol. The van der Waals surface area contributed by atoms with Crippen LogP contribution in [-0.4, -0.2) is 18.1 Å². The van der Waals surface area contributed by atoms with Gasteiger partial charge in [0.05, 0.1) is 28.5 Å². The summed E-state index contributed by atoms with van der Waals surface area (Å²) in [6.07, 6.45) is 8.91. The molecule has 0 aliphatic carbocycles. The van der Waals surface area contributed by atoms with Crippen LogP contribution in [0.2, 0.25) is 5.02 Å². The van der Waals surface area contributed by atoms with Crippen LogP contribution in [0, 0.1) is 24.2 Å². The maximum absolute atomic E-state index is 9.11. The highest BCUT2D eigenvalue weighted by molar-refractivity contribution is 6.35. The van der Waals surface area contributed by atoms with Crippen molar-refractivity contribution in [3.8, 4) is 6.07 Å². The Kier molecular flexibility index (Phi) is 8.50. The number of allylic oxidation sites excluding steroid dienone is 1. The van der Waals surface area contributed by atoms with Crippen molar-refractivity contribution in [2.45, 2.75) is 40.0 Å². The van der Waals surface area contributed by atoms with E-state index in [0.717, 1.165) is 34.6 Å². The van der Waals surface area contributed by atoms with Gasteiger partial charge in [0.2, 0.25) is 0 Å². The van der Waals surface area contributed by atoms with Gasteiger partial charge in [-0.3, -0.25) is 4.98 Å². The first-order valence-electron chi connectivity index (χ1n) is 9.79. The van der Waals surface area contributed by atoms with Crippen molar-refractivity contribution in [1.82, 2.24) is 10.3 Å². The van der Waals surface area contributed by atoms with Crippen molar-refractivity contribution in [1.29, 1.82) is 5.26 Å². The molecule has 2 heterocycles. The Bertz CT molecular complexity index is 861. The van der Waals surface area contributed by atoms with Gasteiger partial charge >= 0.3 is 0 Å². The SMILES string of the molecule is CC/C=C(\c1cc(C#N)ccc1C)c1cncc(N)c1Cl.CC1CCNCC1. The number of aryl methyl sites for hydroxylation is 1. The molecular weight excluding hydrogens is 368 g/mol. The molecule has 0 radical (unpaired) electrons. The summed E-state index contributed by atoms with van der Waals surface area (Å²) in [5.74, 6) is 0.973. The monoisotopic (exact) mass is 396 g/mol. The number of nitriles is 1. The number of benzene rings is 1. The molecule has 5 heteroatoms. The summed E-state index contributed by atoms with van der Waals surface area (Å²) in [5, 5.41) is 12.9. The van der Waals surface area contributed by atoms with E-state index in [1.807, 2.05) is 25.1 Å².